The van der Waals surface area contributed by atoms with Crippen LogP contribution in [0.15, 0.2) is 65.8 Å². The summed E-state index contributed by atoms with van der Waals surface area (Å²) < 4.78 is 29.6. The minimum Gasteiger partial charge on any atom is -0.433 e. The minimum atomic E-state index is -3.00. The standard InChI is InChI=1S/C24H21F2N3O3S/c25-24(26)32-20-9-2-1-8-19(20)29-21(30)14-33-23-18(7-4-12-27-23)22(31)28-17-11-10-15-5-3-6-16(15)13-17/h1-2,4,7-13,24H,3,5-6,14H2,(H,28,31)(H,29,30). The van der Waals surface area contributed by atoms with Crippen LogP contribution in [0.4, 0.5) is 20.2 Å². The van der Waals surface area contributed by atoms with Crippen LogP contribution in [-0.4, -0.2) is 29.2 Å². The highest BCUT2D eigenvalue weighted by Crippen LogP contribution is 2.28. The molecule has 4 rings (SSSR count). The number of nitrogens with one attached hydrogen (secondary N) is 2. The molecule has 0 bridgehead atoms. The second-order valence-electron chi connectivity index (χ2n) is 7.36. The Bertz CT molecular complexity index is 1170. The van der Waals surface area contributed by atoms with Crippen molar-refractivity contribution in [2.45, 2.75) is 30.9 Å². The van der Waals surface area contributed by atoms with Gasteiger partial charge in [0.05, 0.1) is 17.0 Å². The largest absolute Gasteiger partial charge is 0.433 e. The van der Waals surface area contributed by atoms with E-state index in [1.807, 2.05) is 18.2 Å². The average molecular weight is 470 g/mol. The quantitative estimate of drug-likeness (QED) is 0.446. The summed E-state index contributed by atoms with van der Waals surface area (Å²) in [7, 11) is 0. The SMILES string of the molecule is O=C(CSc1ncccc1C(=O)Nc1ccc2c(c1)CCC2)Nc1ccccc1OC(F)F. The van der Waals surface area contributed by atoms with E-state index in [1.54, 1.807) is 18.2 Å². The molecule has 0 radical (unpaired) electrons. The molecule has 1 heterocycles. The first-order chi connectivity index (χ1) is 16.0. The lowest BCUT2D eigenvalue weighted by atomic mass is 10.1. The number of carbonyl (C=O) groups is 2. The van der Waals surface area contributed by atoms with Crippen molar-refractivity contribution in [3.63, 3.8) is 0 Å². The first-order valence-electron chi connectivity index (χ1n) is 10.3. The van der Waals surface area contributed by atoms with E-state index in [9.17, 15) is 18.4 Å². The Kier molecular flexibility index (Phi) is 7.19. The van der Waals surface area contributed by atoms with Crippen molar-refractivity contribution in [2.24, 2.45) is 0 Å². The van der Waals surface area contributed by atoms with Crippen LogP contribution in [0.1, 0.15) is 27.9 Å². The molecular weight excluding hydrogens is 448 g/mol. The molecule has 0 atom stereocenters. The number of nitrogens with zero attached hydrogens (tertiary/aromatic N) is 1. The van der Waals surface area contributed by atoms with Crippen LogP contribution in [0.25, 0.3) is 0 Å². The number of amides is 2. The van der Waals surface area contributed by atoms with Crippen molar-refractivity contribution in [3.8, 4) is 5.75 Å². The third-order valence-electron chi connectivity index (χ3n) is 5.09. The average Bonchev–Trinajstić information content (AvgIpc) is 3.27. The van der Waals surface area contributed by atoms with E-state index in [0.29, 0.717) is 16.3 Å². The van der Waals surface area contributed by atoms with Crippen molar-refractivity contribution in [3.05, 3.63) is 77.5 Å². The molecule has 1 aromatic heterocycles. The van der Waals surface area contributed by atoms with Crippen molar-refractivity contribution in [1.29, 1.82) is 0 Å². The van der Waals surface area contributed by atoms with E-state index in [1.165, 1.54) is 35.5 Å². The minimum absolute atomic E-state index is 0.0703. The summed E-state index contributed by atoms with van der Waals surface area (Å²) in [5.74, 6) is -0.960. The Morgan fingerprint density at radius 3 is 2.70 bits per heavy atom. The van der Waals surface area contributed by atoms with E-state index in [-0.39, 0.29) is 23.1 Å². The van der Waals surface area contributed by atoms with Gasteiger partial charge in [-0.25, -0.2) is 4.98 Å². The van der Waals surface area contributed by atoms with Gasteiger partial charge in [-0.05, 0) is 66.8 Å². The van der Waals surface area contributed by atoms with Crippen LogP contribution in [0.2, 0.25) is 0 Å². The Morgan fingerprint density at radius 2 is 1.85 bits per heavy atom. The van der Waals surface area contributed by atoms with Gasteiger partial charge in [0.2, 0.25) is 5.91 Å². The van der Waals surface area contributed by atoms with Gasteiger partial charge in [0.25, 0.3) is 5.91 Å². The van der Waals surface area contributed by atoms with Crippen LogP contribution in [-0.2, 0) is 17.6 Å². The van der Waals surface area contributed by atoms with E-state index in [2.05, 4.69) is 20.4 Å². The van der Waals surface area contributed by atoms with Gasteiger partial charge in [-0.15, -0.1) is 0 Å². The zero-order valence-electron chi connectivity index (χ0n) is 17.5. The molecule has 0 aliphatic heterocycles. The molecule has 0 spiro atoms. The normalized spacial score (nSPS) is 12.3. The summed E-state index contributed by atoms with van der Waals surface area (Å²) in [5, 5.41) is 5.85. The monoisotopic (exact) mass is 469 g/mol. The van der Waals surface area contributed by atoms with Crippen molar-refractivity contribution in [2.75, 3.05) is 16.4 Å². The molecule has 3 aromatic rings. The number of carbonyl (C=O) groups excluding carboxylic acids is 2. The predicted molar refractivity (Wildman–Crippen MR) is 123 cm³/mol. The summed E-state index contributed by atoms with van der Waals surface area (Å²) in [6.07, 6.45) is 4.73. The van der Waals surface area contributed by atoms with Crippen LogP contribution in [0.5, 0.6) is 5.75 Å². The van der Waals surface area contributed by atoms with Crippen LogP contribution >= 0.6 is 11.8 Å². The third kappa shape index (κ3) is 5.87. The van der Waals surface area contributed by atoms with Gasteiger partial charge in [-0.2, -0.15) is 8.78 Å². The molecule has 6 nitrogen and oxygen atoms in total. The van der Waals surface area contributed by atoms with Crippen molar-refractivity contribution < 1.29 is 23.1 Å². The summed E-state index contributed by atoms with van der Waals surface area (Å²) in [4.78, 5) is 29.5. The highest BCUT2D eigenvalue weighted by atomic mass is 32.2. The molecule has 2 N–H and O–H groups in total. The fourth-order valence-corrected chi connectivity index (χ4v) is 4.41. The third-order valence-corrected chi connectivity index (χ3v) is 6.09. The molecule has 0 saturated heterocycles. The number of alkyl halides is 2. The maximum Gasteiger partial charge on any atom is 0.387 e. The molecule has 0 saturated carbocycles. The molecule has 33 heavy (non-hydrogen) atoms. The van der Waals surface area contributed by atoms with Gasteiger partial charge in [0.1, 0.15) is 10.8 Å². The van der Waals surface area contributed by atoms with Gasteiger partial charge in [-0.1, -0.05) is 30.0 Å². The molecule has 1 aliphatic rings. The van der Waals surface area contributed by atoms with E-state index in [4.69, 9.17) is 0 Å². The number of para-hydroxylation sites is 2. The molecule has 9 heteroatoms. The molecular formula is C24H21F2N3O3S. The number of pyridine rings is 1. The second kappa shape index (κ2) is 10.4. The highest BCUT2D eigenvalue weighted by Gasteiger charge is 2.17. The lowest BCUT2D eigenvalue weighted by Crippen LogP contribution is -2.17. The fourth-order valence-electron chi connectivity index (χ4n) is 3.62. The fraction of sp³-hybridized carbons (Fsp3) is 0.208. The predicted octanol–water partition coefficient (Wildman–Crippen LogP) is 5.15. The number of hydrogen-bond donors (Lipinski definition) is 2. The van der Waals surface area contributed by atoms with Gasteiger partial charge >= 0.3 is 6.61 Å². The lowest BCUT2D eigenvalue weighted by Gasteiger charge is -2.12. The molecule has 0 unspecified atom stereocenters. The van der Waals surface area contributed by atoms with Crippen LogP contribution in [0.3, 0.4) is 0 Å². The van der Waals surface area contributed by atoms with E-state index >= 15 is 0 Å². The van der Waals surface area contributed by atoms with Crippen LogP contribution < -0.4 is 15.4 Å². The number of aryl methyl sites for hydroxylation is 2. The maximum absolute atomic E-state index is 12.9. The van der Waals surface area contributed by atoms with Crippen molar-refractivity contribution in [1.82, 2.24) is 4.98 Å². The van der Waals surface area contributed by atoms with Crippen LogP contribution in [0, 0.1) is 0 Å². The second-order valence-corrected chi connectivity index (χ2v) is 8.32. The number of thioether (sulfide) groups is 1. The van der Waals surface area contributed by atoms with Crippen molar-refractivity contribution >= 4 is 35.0 Å². The number of benzene rings is 2. The Hall–Kier alpha value is -3.46. The van der Waals surface area contributed by atoms with E-state index < -0.39 is 12.5 Å². The van der Waals surface area contributed by atoms with Gasteiger partial charge in [0, 0.05) is 11.9 Å². The van der Waals surface area contributed by atoms with Gasteiger partial charge in [0.15, 0.2) is 0 Å². The lowest BCUT2D eigenvalue weighted by molar-refractivity contribution is -0.113. The van der Waals surface area contributed by atoms with Gasteiger partial charge in [-0.3, -0.25) is 9.59 Å². The zero-order chi connectivity index (χ0) is 23.2. The highest BCUT2D eigenvalue weighted by molar-refractivity contribution is 8.00. The summed E-state index contributed by atoms with van der Waals surface area (Å²) in [6.45, 7) is -3.00. The molecule has 170 valence electrons. The van der Waals surface area contributed by atoms with Gasteiger partial charge < -0.3 is 15.4 Å². The summed E-state index contributed by atoms with van der Waals surface area (Å²) >= 11 is 1.08. The smallest absolute Gasteiger partial charge is 0.387 e. The van der Waals surface area contributed by atoms with E-state index in [0.717, 1.165) is 31.0 Å². The number of rotatable bonds is 8. The molecule has 1 aliphatic carbocycles. The summed E-state index contributed by atoms with van der Waals surface area (Å²) in [6, 6.07) is 15.2. The first-order valence-corrected chi connectivity index (χ1v) is 11.3. The Balaban J connectivity index is 1.40. The number of aromatic nitrogens is 1. The number of ether oxygens (including phenoxy) is 1. The number of hydrogen-bond acceptors (Lipinski definition) is 5. The molecule has 0 fully saturated rings. The Labute approximate surface area is 193 Å². The molecule has 2 amide bonds. The topological polar surface area (TPSA) is 80.3 Å². The Morgan fingerprint density at radius 1 is 1.03 bits per heavy atom. The zero-order valence-corrected chi connectivity index (χ0v) is 18.3. The maximum atomic E-state index is 12.9. The summed E-state index contributed by atoms with van der Waals surface area (Å²) in [5.41, 5.74) is 3.77. The number of halogens is 2. The molecule has 2 aromatic carbocycles. The number of anilines is 2. The first kappa shape index (κ1) is 22.7. The number of fused-ring (bicyclic) bond motifs is 1.